The third kappa shape index (κ3) is 7.47. The first-order chi connectivity index (χ1) is 17.5. The average Bonchev–Trinajstić information content (AvgIpc) is 3.51. The molecule has 0 amide bonds. The van der Waals surface area contributed by atoms with E-state index in [1.165, 1.54) is 6.33 Å². The van der Waals surface area contributed by atoms with E-state index in [4.69, 9.17) is 29.0 Å². The minimum Gasteiger partial charge on any atom is -0.431 e. The molecule has 2 heterocycles. The molecule has 0 radical (unpaired) electrons. The van der Waals surface area contributed by atoms with Crippen molar-refractivity contribution in [2.75, 3.05) is 25.5 Å². The number of fused-ring (bicyclic) bond motifs is 1. The number of H-pyrrole nitrogens is 1. The first-order valence-electron chi connectivity index (χ1n) is 11.7. The maximum Gasteiger partial charge on any atom is 0.510 e. The number of benzene rings is 1. The number of anilines is 1. The van der Waals surface area contributed by atoms with Gasteiger partial charge >= 0.3 is 6.16 Å². The van der Waals surface area contributed by atoms with E-state index < -0.39 is 20.1 Å². The molecule has 1 fully saturated rings. The molecule has 1 atom stereocenters. The summed E-state index contributed by atoms with van der Waals surface area (Å²) in [6.07, 6.45) is 4.65. The number of imidazole rings is 1. The van der Waals surface area contributed by atoms with Gasteiger partial charge in [0.2, 0.25) is 21.1 Å². The van der Waals surface area contributed by atoms with Crippen molar-refractivity contribution in [1.82, 2.24) is 19.5 Å². The van der Waals surface area contributed by atoms with Gasteiger partial charge in [0.05, 0.1) is 19.5 Å². The number of hydrogen-bond acceptors (Lipinski definition) is 10. The highest BCUT2D eigenvalue weighted by molar-refractivity contribution is 7.46. The zero-order chi connectivity index (χ0) is 25.3. The van der Waals surface area contributed by atoms with Crippen molar-refractivity contribution in [3.8, 4) is 0 Å². The molecule has 13 heteroatoms. The Hall–Kier alpha value is -3.05. The van der Waals surface area contributed by atoms with Crippen molar-refractivity contribution in [3.05, 3.63) is 52.1 Å². The van der Waals surface area contributed by atoms with Crippen LogP contribution in [0.4, 0.5) is 10.7 Å². The average molecular weight is 519 g/mol. The van der Waals surface area contributed by atoms with Crippen LogP contribution in [0.3, 0.4) is 0 Å². The predicted octanol–water partition coefficient (Wildman–Crippen LogP) is 3.58. The standard InChI is InChI=1S/C23H30N5O7P/c1-16-6-8-17(9-7-16)12-33-36(34-14-32-23(30)35-18-4-2-3-5-18)15-31-11-10-28-13-25-19-20(28)26-22(24)27-21(19)29/h6-9,13,18H,2-5,10-12,14-15H2,1H3,(H3,24,26,27,29). The van der Waals surface area contributed by atoms with Gasteiger partial charge in [-0.3, -0.25) is 14.3 Å². The Kier molecular flexibility index (Phi) is 9.23. The Morgan fingerprint density at radius 3 is 2.78 bits per heavy atom. The lowest BCUT2D eigenvalue weighted by atomic mass is 10.2. The van der Waals surface area contributed by atoms with Crippen LogP contribution in [-0.4, -0.2) is 51.5 Å². The Balaban J connectivity index is 1.26. The summed E-state index contributed by atoms with van der Waals surface area (Å²) in [4.78, 5) is 34.5. The summed E-state index contributed by atoms with van der Waals surface area (Å²) >= 11 is 0. The molecule has 0 bridgehead atoms. The number of aromatic amines is 1. The monoisotopic (exact) mass is 519 g/mol. The second-order valence-electron chi connectivity index (χ2n) is 8.36. The lowest BCUT2D eigenvalue weighted by Crippen LogP contribution is -2.17. The van der Waals surface area contributed by atoms with Crippen LogP contribution in [0, 0.1) is 6.92 Å². The Bertz CT molecular complexity index is 1190. The van der Waals surface area contributed by atoms with Crippen LogP contribution in [0.25, 0.3) is 11.2 Å². The molecule has 1 saturated carbocycles. The summed E-state index contributed by atoms with van der Waals surface area (Å²) in [7, 11) is -1.52. The predicted molar refractivity (Wildman–Crippen MR) is 132 cm³/mol. The lowest BCUT2D eigenvalue weighted by Gasteiger charge is -2.18. The first-order valence-corrected chi connectivity index (χ1v) is 13.0. The number of hydrogen-bond donors (Lipinski definition) is 2. The fourth-order valence-corrected chi connectivity index (χ4v) is 4.65. The van der Waals surface area contributed by atoms with Crippen LogP contribution >= 0.6 is 8.38 Å². The molecule has 1 aliphatic rings. The highest BCUT2D eigenvalue weighted by Gasteiger charge is 2.21. The fraction of sp³-hybridized carbons (Fsp3) is 0.478. The molecule has 2 aromatic heterocycles. The SMILES string of the molecule is Cc1ccc(COP(COCCn2cnc3c(=O)[nH]c(N)nc32)OCOC(=O)OC2CCCC2)cc1. The van der Waals surface area contributed by atoms with Gasteiger partial charge in [0, 0.05) is 6.54 Å². The number of ether oxygens (including phenoxy) is 3. The van der Waals surface area contributed by atoms with Crippen molar-refractivity contribution in [2.24, 2.45) is 0 Å². The first kappa shape index (κ1) is 26.0. The van der Waals surface area contributed by atoms with Crippen LogP contribution < -0.4 is 11.3 Å². The minimum atomic E-state index is -1.52. The van der Waals surface area contributed by atoms with Gasteiger partial charge in [-0.2, -0.15) is 4.98 Å². The highest BCUT2D eigenvalue weighted by atomic mass is 31.2. The van der Waals surface area contributed by atoms with E-state index in [0.717, 1.165) is 36.8 Å². The number of aromatic nitrogens is 4. The summed E-state index contributed by atoms with van der Waals surface area (Å²) in [5.41, 5.74) is 7.96. The molecular formula is C23H30N5O7P. The smallest absolute Gasteiger partial charge is 0.431 e. The van der Waals surface area contributed by atoms with Crippen molar-refractivity contribution >= 4 is 31.6 Å². The minimum absolute atomic E-state index is 0.0167. The molecule has 12 nitrogen and oxygen atoms in total. The van der Waals surface area contributed by atoms with Crippen molar-refractivity contribution in [3.63, 3.8) is 0 Å². The molecule has 0 aliphatic heterocycles. The maximum atomic E-state index is 11.9. The van der Waals surface area contributed by atoms with Crippen molar-refractivity contribution in [2.45, 2.75) is 51.9 Å². The second-order valence-corrected chi connectivity index (χ2v) is 9.80. The van der Waals surface area contributed by atoms with Gasteiger partial charge in [0.15, 0.2) is 11.2 Å². The number of nitrogens with zero attached hydrogens (tertiary/aromatic N) is 3. The molecule has 1 aromatic carbocycles. The topological polar surface area (TPSA) is 153 Å². The number of rotatable bonds is 12. The van der Waals surface area contributed by atoms with Crippen molar-refractivity contribution in [1.29, 1.82) is 0 Å². The van der Waals surface area contributed by atoms with Gasteiger partial charge in [0.25, 0.3) is 5.56 Å². The Morgan fingerprint density at radius 2 is 2.00 bits per heavy atom. The fourth-order valence-electron chi connectivity index (χ4n) is 3.69. The molecule has 1 unspecified atom stereocenters. The van der Waals surface area contributed by atoms with Gasteiger partial charge in [0.1, 0.15) is 12.5 Å². The molecule has 194 valence electrons. The van der Waals surface area contributed by atoms with Crippen molar-refractivity contribution < 1.29 is 28.1 Å². The summed E-state index contributed by atoms with van der Waals surface area (Å²) in [5, 5.41) is 0. The van der Waals surface area contributed by atoms with Gasteiger partial charge < -0.3 is 29.0 Å². The lowest BCUT2D eigenvalue weighted by molar-refractivity contribution is -0.0164. The van der Waals surface area contributed by atoms with E-state index in [1.54, 1.807) is 4.57 Å². The quantitative estimate of drug-likeness (QED) is 0.157. The molecule has 3 N–H and O–H groups in total. The molecular weight excluding hydrogens is 489 g/mol. The van der Waals surface area contributed by atoms with Gasteiger partial charge in [-0.15, -0.1) is 0 Å². The molecule has 1 aliphatic carbocycles. The largest absolute Gasteiger partial charge is 0.510 e. The zero-order valence-electron chi connectivity index (χ0n) is 20.1. The molecule has 0 saturated heterocycles. The van der Waals surface area contributed by atoms with E-state index in [0.29, 0.717) is 18.8 Å². The van der Waals surface area contributed by atoms with E-state index in [2.05, 4.69) is 15.0 Å². The maximum absolute atomic E-state index is 11.9. The van der Waals surface area contributed by atoms with E-state index in [-0.39, 0.29) is 37.3 Å². The summed E-state index contributed by atoms with van der Waals surface area (Å²) in [5.74, 6) is 0.0167. The summed E-state index contributed by atoms with van der Waals surface area (Å²) in [6, 6.07) is 7.96. The molecule has 4 rings (SSSR count). The number of nitrogen functional groups attached to an aromatic ring is 1. The normalized spacial score (nSPS) is 14.8. The molecule has 36 heavy (non-hydrogen) atoms. The van der Waals surface area contributed by atoms with Crippen LogP contribution in [0.5, 0.6) is 0 Å². The van der Waals surface area contributed by atoms with Gasteiger partial charge in [-0.25, -0.2) is 9.78 Å². The van der Waals surface area contributed by atoms with Crippen LogP contribution in [0.15, 0.2) is 35.4 Å². The van der Waals surface area contributed by atoms with Crippen LogP contribution in [-0.2, 0) is 36.4 Å². The van der Waals surface area contributed by atoms with Gasteiger partial charge in [-0.1, -0.05) is 29.8 Å². The van der Waals surface area contributed by atoms with E-state index in [1.807, 2.05) is 31.2 Å². The number of carbonyl (C=O) groups is 1. The van der Waals surface area contributed by atoms with Crippen LogP contribution in [0.1, 0.15) is 36.8 Å². The molecule has 0 spiro atoms. The third-order valence-corrected chi connectivity index (χ3v) is 6.80. The number of nitrogens with one attached hydrogen (secondary N) is 1. The van der Waals surface area contributed by atoms with E-state index >= 15 is 0 Å². The second kappa shape index (κ2) is 12.8. The number of nitrogens with two attached hydrogens (primary N) is 1. The molecule has 3 aromatic rings. The van der Waals surface area contributed by atoms with E-state index in [9.17, 15) is 9.59 Å². The number of aryl methyl sites for hydroxylation is 1. The van der Waals surface area contributed by atoms with Gasteiger partial charge in [-0.05, 0) is 38.2 Å². The Morgan fingerprint density at radius 1 is 1.22 bits per heavy atom. The zero-order valence-corrected chi connectivity index (χ0v) is 20.9. The summed E-state index contributed by atoms with van der Waals surface area (Å²) < 4.78 is 29.4. The third-order valence-electron chi connectivity index (χ3n) is 5.60. The highest BCUT2D eigenvalue weighted by Crippen LogP contribution is 2.39. The van der Waals surface area contributed by atoms with Crippen LogP contribution in [0.2, 0.25) is 0 Å². The number of carbonyl (C=O) groups excluding carboxylic acids is 1. The summed E-state index contributed by atoms with van der Waals surface area (Å²) in [6.45, 7) is 2.70. The Labute approximate surface area is 209 Å².